The number of anilines is 1. The summed E-state index contributed by atoms with van der Waals surface area (Å²) in [5.41, 5.74) is 4.73. The second kappa shape index (κ2) is 11.1. The number of nitrogens with zero attached hydrogens (tertiary/aromatic N) is 5. The van der Waals surface area contributed by atoms with Gasteiger partial charge in [-0.15, -0.1) is 11.3 Å². The quantitative estimate of drug-likeness (QED) is 0.194. The van der Waals surface area contributed by atoms with Crippen LogP contribution in [0.25, 0.3) is 21.1 Å². The van der Waals surface area contributed by atoms with Crippen molar-refractivity contribution in [1.29, 1.82) is 5.26 Å². The van der Waals surface area contributed by atoms with Gasteiger partial charge in [0.05, 0.1) is 11.8 Å². The topological polar surface area (TPSA) is 86.8 Å². The Hall–Kier alpha value is -3.49. The number of ketones is 1. The lowest BCUT2D eigenvalue weighted by molar-refractivity contribution is -0.214. The zero-order valence-electron chi connectivity index (χ0n) is 25.6. The maximum Gasteiger partial charge on any atom is 0.393 e. The number of piperidine rings is 1. The monoisotopic (exact) mass is 634 g/mol. The summed E-state index contributed by atoms with van der Waals surface area (Å²) >= 11 is 1.07. The maximum absolute atomic E-state index is 12.9. The van der Waals surface area contributed by atoms with E-state index in [9.17, 15) is 23.2 Å². The van der Waals surface area contributed by atoms with Crippen molar-refractivity contribution in [2.24, 2.45) is 10.8 Å². The molecule has 0 radical (unpaired) electrons. The van der Waals surface area contributed by atoms with Gasteiger partial charge >= 0.3 is 6.18 Å². The summed E-state index contributed by atoms with van der Waals surface area (Å²) in [4.78, 5) is 23.8. The Labute approximate surface area is 264 Å². The zero-order chi connectivity index (χ0) is 31.6. The van der Waals surface area contributed by atoms with E-state index in [4.69, 9.17) is 0 Å². The molecule has 4 heterocycles. The predicted octanol–water partition coefficient (Wildman–Crippen LogP) is 7.55. The van der Waals surface area contributed by atoms with Crippen LogP contribution in [0.3, 0.4) is 0 Å². The van der Waals surface area contributed by atoms with Crippen LogP contribution in [0.2, 0.25) is 0 Å². The Morgan fingerprint density at radius 3 is 2.58 bits per heavy atom. The number of hydrogen-bond donors (Lipinski definition) is 1. The van der Waals surface area contributed by atoms with Crippen LogP contribution < -0.4 is 5.32 Å². The minimum absolute atomic E-state index is 0.178. The Balaban J connectivity index is 0.988. The third kappa shape index (κ3) is 5.72. The van der Waals surface area contributed by atoms with Gasteiger partial charge in [-0.3, -0.25) is 9.69 Å². The molecule has 1 aliphatic heterocycles. The molecule has 1 saturated heterocycles. The molecule has 0 spiro atoms. The van der Waals surface area contributed by atoms with Crippen LogP contribution in [0.15, 0.2) is 30.6 Å². The van der Waals surface area contributed by atoms with Crippen LogP contribution in [-0.2, 0) is 24.3 Å². The van der Waals surface area contributed by atoms with Crippen LogP contribution in [0.4, 0.5) is 19.0 Å². The molecule has 3 saturated carbocycles. The summed E-state index contributed by atoms with van der Waals surface area (Å²) in [6.07, 6.45) is 2.60. The van der Waals surface area contributed by atoms with Crippen LogP contribution in [0.5, 0.6) is 0 Å². The summed E-state index contributed by atoms with van der Waals surface area (Å²) in [5, 5.41) is 15.3. The highest BCUT2D eigenvalue weighted by Gasteiger charge is 2.67. The van der Waals surface area contributed by atoms with E-state index in [1.54, 1.807) is 6.07 Å². The minimum atomic E-state index is -4.25. The SMILES string of the molecule is CCC(=O)CC12CC(Cn3c(C#N)cc4c(C)c(CN5CCC(Nc6ncnc7sc(CC(F)(F)F)cc67)CC5)ccc43)(C1)C2. The molecule has 4 aliphatic rings. The van der Waals surface area contributed by atoms with Crippen LogP contribution in [0.1, 0.15) is 73.6 Å². The molecule has 4 aromatic rings. The fourth-order valence-corrected chi connectivity index (χ4v) is 9.42. The van der Waals surface area contributed by atoms with Gasteiger partial charge in [0.15, 0.2) is 0 Å². The van der Waals surface area contributed by atoms with Gasteiger partial charge in [-0.2, -0.15) is 18.4 Å². The van der Waals surface area contributed by atoms with Crippen molar-refractivity contribution >= 4 is 44.1 Å². The molecule has 3 aromatic heterocycles. The van der Waals surface area contributed by atoms with E-state index in [0.717, 1.165) is 80.5 Å². The smallest absolute Gasteiger partial charge is 0.367 e. The molecule has 3 aliphatic carbocycles. The normalized spacial score (nSPS) is 23.6. The number of aromatic nitrogens is 3. The van der Waals surface area contributed by atoms with Gasteiger partial charge in [0.2, 0.25) is 0 Å². The lowest BCUT2D eigenvalue weighted by atomic mass is 9.34. The van der Waals surface area contributed by atoms with E-state index in [1.165, 1.54) is 17.5 Å². The van der Waals surface area contributed by atoms with Crippen molar-refractivity contribution in [1.82, 2.24) is 19.4 Å². The first-order chi connectivity index (χ1) is 21.5. The van der Waals surface area contributed by atoms with Crippen LogP contribution in [-0.4, -0.2) is 50.5 Å². The number of carbonyl (C=O) groups is 1. The molecule has 0 amide bonds. The second-order valence-corrected chi connectivity index (χ2v) is 14.9. The number of fused-ring (bicyclic) bond motifs is 2. The molecule has 7 nitrogen and oxygen atoms in total. The van der Waals surface area contributed by atoms with E-state index in [-0.39, 0.29) is 21.7 Å². The third-order valence-electron chi connectivity index (χ3n) is 10.4. The molecule has 2 bridgehead atoms. The summed E-state index contributed by atoms with van der Waals surface area (Å²) in [7, 11) is 0. The molecule has 11 heteroatoms. The van der Waals surface area contributed by atoms with Crippen LogP contribution >= 0.6 is 11.3 Å². The number of Topliss-reactive ketones (excluding diaryl/α,β-unsaturated/α-hetero) is 1. The van der Waals surface area contributed by atoms with E-state index in [2.05, 4.69) is 49.9 Å². The van der Waals surface area contributed by atoms with Gasteiger partial charge in [-0.05, 0) is 79.2 Å². The van der Waals surface area contributed by atoms with Crippen molar-refractivity contribution in [2.45, 2.75) is 90.5 Å². The predicted molar refractivity (Wildman–Crippen MR) is 169 cm³/mol. The first-order valence-corrected chi connectivity index (χ1v) is 16.6. The van der Waals surface area contributed by atoms with Gasteiger partial charge in [0.25, 0.3) is 0 Å². The number of alkyl halides is 3. The number of carbonyl (C=O) groups excluding carboxylic acids is 1. The summed E-state index contributed by atoms with van der Waals surface area (Å²) in [6.45, 7) is 7.54. The van der Waals surface area contributed by atoms with Crippen molar-refractivity contribution in [2.75, 3.05) is 18.4 Å². The van der Waals surface area contributed by atoms with Crippen molar-refractivity contribution in [3.63, 3.8) is 0 Å². The molecular weight excluding hydrogens is 597 g/mol. The second-order valence-electron chi connectivity index (χ2n) is 13.7. The van der Waals surface area contributed by atoms with Crippen molar-refractivity contribution in [3.8, 4) is 6.07 Å². The number of benzene rings is 1. The Morgan fingerprint density at radius 1 is 1.13 bits per heavy atom. The van der Waals surface area contributed by atoms with Gasteiger partial charge in [-0.25, -0.2) is 9.97 Å². The molecular formula is C34H37F3N6OS. The first kappa shape index (κ1) is 30.2. The van der Waals surface area contributed by atoms with Gasteiger partial charge in [-0.1, -0.05) is 13.0 Å². The van der Waals surface area contributed by atoms with E-state index in [1.807, 2.05) is 13.0 Å². The fraction of sp³-hybridized carbons (Fsp3) is 0.529. The van der Waals surface area contributed by atoms with Gasteiger partial charge in [0.1, 0.15) is 34.5 Å². The Bertz CT molecular complexity index is 1810. The summed E-state index contributed by atoms with van der Waals surface area (Å²) in [6, 6.07) is 10.6. The fourth-order valence-electron chi connectivity index (χ4n) is 8.40. The molecule has 1 aromatic carbocycles. The zero-order valence-corrected chi connectivity index (χ0v) is 26.5. The molecule has 45 heavy (non-hydrogen) atoms. The van der Waals surface area contributed by atoms with Crippen LogP contribution in [0, 0.1) is 29.1 Å². The number of halogens is 3. The largest absolute Gasteiger partial charge is 0.393 e. The highest BCUT2D eigenvalue weighted by Crippen LogP contribution is 2.75. The third-order valence-corrected chi connectivity index (χ3v) is 11.4. The number of likely N-dealkylation sites (tertiary alicyclic amines) is 1. The number of thiophene rings is 1. The number of rotatable bonds is 10. The molecule has 236 valence electrons. The Morgan fingerprint density at radius 2 is 1.89 bits per heavy atom. The average Bonchev–Trinajstić information content (AvgIpc) is 3.54. The van der Waals surface area contributed by atoms with E-state index < -0.39 is 12.6 Å². The number of nitrogens with one attached hydrogen (secondary N) is 1. The number of nitriles is 1. The summed E-state index contributed by atoms with van der Waals surface area (Å²) in [5.74, 6) is 0.966. The number of aryl methyl sites for hydroxylation is 1. The van der Waals surface area contributed by atoms with Gasteiger partial charge in [0, 0.05) is 60.8 Å². The molecule has 4 fully saturated rings. The van der Waals surface area contributed by atoms with Crippen molar-refractivity contribution in [3.05, 3.63) is 52.3 Å². The summed E-state index contributed by atoms with van der Waals surface area (Å²) < 4.78 is 41.0. The van der Waals surface area contributed by atoms with Gasteiger partial charge < -0.3 is 9.88 Å². The maximum atomic E-state index is 12.9. The number of hydrogen-bond acceptors (Lipinski definition) is 7. The molecule has 0 unspecified atom stereocenters. The average molecular weight is 635 g/mol. The van der Waals surface area contributed by atoms with E-state index in [0.29, 0.717) is 40.4 Å². The van der Waals surface area contributed by atoms with Crippen molar-refractivity contribution < 1.29 is 18.0 Å². The Kier molecular flexibility index (Phi) is 7.44. The first-order valence-electron chi connectivity index (χ1n) is 15.8. The minimum Gasteiger partial charge on any atom is -0.367 e. The highest BCUT2D eigenvalue weighted by molar-refractivity contribution is 7.18. The standard InChI is InChI=1S/C34H37F3N6OS/c1-3-25(44)12-32-16-33(17-32,18-32)19-43-24(14-38)10-27-21(2)22(4-5-29(27)43)15-42-8-6-23(7-9-42)41-30-28-11-26(13-34(35,36)37)45-31(28)40-20-39-30/h4-5,10-11,20,23H,3,6-9,12-13,15-19H2,1-2H3,(H,39,40,41). The molecule has 8 rings (SSSR count). The lowest BCUT2D eigenvalue weighted by Gasteiger charge is -2.71. The molecule has 0 atom stereocenters. The lowest BCUT2D eigenvalue weighted by Crippen LogP contribution is -2.63. The highest BCUT2D eigenvalue weighted by atomic mass is 32.1. The van der Waals surface area contributed by atoms with E-state index >= 15 is 0 Å². The molecule has 1 N–H and O–H groups in total.